The molecule has 0 aliphatic carbocycles. The van der Waals surface area contributed by atoms with Gasteiger partial charge in [-0.2, -0.15) is 0 Å². The second-order valence-corrected chi connectivity index (χ2v) is 36.0. The molecule has 3 aliphatic rings. The zero-order chi connectivity index (χ0) is 57.5. The Balaban J connectivity index is 0.831. The monoisotopic (exact) mass is 1270 g/mol. The summed E-state index contributed by atoms with van der Waals surface area (Å²) in [5.74, 6) is -0.503. The third-order valence-electron chi connectivity index (χ3n) is 17.3. The lowest BCUT2D eigenvalue weighted by molar-refractivity contribution is 0.0637. The Labute approximate surface area is 526 Å². The van der Waals surface area contributed by atoms with Crippen LogP contribution in [0.2, 0.25) is 12.1 Å². The van der Waals surface area contributed by atoms with Crippen LogP contribution in [0.25, 0.3) is 68.3 Å². The molecular weight excluding hydrogens is 1190 g/mol. The molecule has 0 radical (unpaired) electrons. The Hall–Kier alpha value is -3.90. The second-order valence-electron chi connectivity index (χ2n) is 23.2. The maximum Gasteiger partial charge on any atom is 0.271 e. The zero-order valence-electron chi connectivity index (χ0n) is 49.0. The van der Waals surface area contributed by atoms with Gasteiger partial charge in [0.25, 0.3) is 23.6 Å². The molecule has 11 heterocycles. The number of fused-ring (bicyclic) bond motifs is 5. The SMILES string of the molecule is CCCCCCCCN1C(=O)c2cc(-c3ccc(-c4ccc(-c5cc6c(s5)-c5sc(-c7ccc(-c8ccc(-c9cc%10c(s9)C(=O)N(CCCCCCCC)C%10=O)s8)s7)cc5[Si]6(CCCCCCCC)CCCCCCCC)s4)s3)sc2C1=O. The van der Waals surface area contributed by atoms with Crippen molar-refractivity contribution in [2.24, 2.45) is 0 Å². The summed E-state index contributed by atoms with van der Waals surface area (Å²) in [6.45, 7) is 10.1. The van der Waals surface area contributed by atoms with Crippen molar-refractivity contribution in [3.8, 4) is 68.3 Å². The lowest BCUT2D eigenvalue weighted by Crippen LogP contribution is -2.54. The highest BCUT2D eigenvalue weighted by Crippen LogP contribution is 2.52. The number of carbonyl (C=O) groups is 4. The summed E-state index contributed by atoms with van der Waals surface area (Å²) < 4.78 is 0. The molecule has 8 aromatic rings. The lowest BCUT2D eigenvalue weighted by Gasteiger charge is -2.29. The highest BCUT2D eigenvalue weighted by Gasteiger charge is 2.48. The average Bonchev–Trinajstić information content (AvgIpc) is 2.58. The van der Waals surface area contributed by atoms with E-state index in [2.05, 4.69) is 88.4 Å². The van der Waals surface area contributed by atoms with Crippen LogP contribution in [-0.2, 0) is 0 Å². The Bertz CT molecular complexity index is 3240. The van der Waals surface area contributed by atoms with Crippen molar-refractivity contribution < 1.29 is 19.2 Å². The third-order valence-corrected chi connectivity index (χ3v) is 33.1. The van der Waals surface area contributed by atoms with Crippen LogP contribution < -0.4 is 10.4 Å². The number of amides is 4. The Morgan fingerprint density at radius 2 is 0.554 bits per heavy atom. The number of imide groups is 2. The molecule has 15 heteroatoms. The number of thiophene rings is 8. The molecule has 0 aromatic carbocycles. The predicted octanol–water partition coefficient (Wildman–Crippen LogP) is 22.4. The van der Waals surface area contributed by atoms with Gasteiger partial charge in [-0.1, -0.05) is 169 Å². The maximum absolute atomic E-state index is 13.5. The summed E-state index contributed by atoms with van der Waals surface area (Å²) in [5, 5.41) is 3.40. The summed E-state index contributed by atoms with van der Waals surface area (Å²) in [6, 6.07) is 30.0. The quantitative estimate of drug-likeness (QED) is 0.0229. The minimum Gasteiger partial charge on any atom is -0.274 e. The predicted molar refractivity (Wildman–Crippen MR) is 366 cm³/mol. The largest absolute Gasteiger partial charge is 0.274 e. The van der Waals surface area contributed by atoms with Gasteiger partial charge in [-0.05, 0) is 108 Å². The van der Waals surface area contributed by atoms with E-state index < -0.39 is 8.07 Å². The average molecular weight is 1270 g/mol. The summed E-state index contributed by atoms with van der Waals surface area (Å²) in [5.41, 5.74) is 1.15. The van der Waals surface area contributed by atoms with Crippen molar-refractivity contribution in [1.29, 1.82) is 0 Å². The highest BCUT2D eigenvalue weighted by atomic mass is 32.1. The van der Waals surface area contributed by atoms with Gasteiger partial charge in [-0.15, -0.1) is 90.7 Å². The van der Waals surface area contributed by atoms with E-state index >= 15 is 0 Å². The van der Waals surface area contributed by atoms with Crippen LogP contribution in [0.4, 0.5) is 0 Å². The standard InChI is InChI=1S/C68H80N2O4S8Si/c1-5-9-13-17-21-25-37-69-65(71)45-41-55(79-61(45)67(69)73)51-33-29-47(75-51)49-31-35-53(77-49)57-43-59-63(81-57)64-60(83(59,39-27-23-19-15-11-7-3)40-28-24-20-16-12-8-4)44-58(82-64)54-36-32-50(78-54)48-30-34-52(76-48)56-42-46-62(80-56)68(74)70(66(46)72)38-26-22-18-14-10-6-2/h29-36,41-44H,5-28,37-40H2,1-4H3. The first-order chi connectivity index (χ1) is 40.6. The number of hydrogen-bond acceptors (Lipinski definition) is 12. The van der Waals surface area contributed by atoms with Crippen molar-refractivity contribution in [2.75, 3.05) is 13.1 Å². The summed E-state index contributed by atoms with van der Waals surface area (Å²) >= 11 is 14.3. The summed E-state index contributed by atoms with van der Waals surface area (Å²) in [7, 11) is -2.14. The molecule has 4 amide bonds. The topological polar surface area (TPSA) is 74.8 Å². The fourth-order valence-electron chi connectivity index (χ4n) is 12.6. The van der Waals surface area contributed by atoms with Crippen molar-refractivity contribution in [1.82, 2.24) is 9.80 Å². The van der Waals surface area contributed by atoms with Crippen LogP contribution in [0.3, 0.4) is 0 Å². The van der Waals surface area contributed by atoms with Crippen LogP contribution in [0.5, 0.6) is 0 Å². The minimum absolute atomic E-state index is 0.122. The van der Waals surface area contributed by atoms with Gasteiger partial charge in [0.15, 0.2) is 0 Å². The second kappa shape index (κ2) is 28.3. The van der Waals surface area contributed by atoms with Crippen LogP contribution in [0.1, 0.15) is 222 Å². The number of carbonyl (C=O) groups excluding carboxylic acids is 4. The van der Waals surface area contributed by atoms with E-state index in [1.807, 2.05) is 57.5 Å². The molecule has 8 aromatic heterocycles. The first-order valence-electron chi connectivity index (χ1n) is 31.3. The van der Waals surface area contributed by atoms with Gasteiger partial charge in [0.1, 0.15) is 17.8 Å². The van der Waals surface area contributed by atoms with Crippen molar-refractivity contribution in [3.63, 3.8) is 0 Å². The molecule has 0 atom stereocenters. The number of rotatable bonds is 34. The number of nitrogens with zero attached hydrogens (tertiary/aromatic N) is 2. The van der Waals surface area contributed by atoms with Gasteiger partial charge in [0.05, 0.1) is 11.1 Å². The molecule has 0 unspecified atom stereocenters. The fourth-order valence-corrected chi connectivity index (χ4v) is 28.8. The molecule has 3 aliphatic heterocycles. The Morgan fingerprint density at radius 3 is 0.867 bits per heavy atom. The van der Waals surface area contributed by atoms with Gasteiger partial charge < -0.3 is 0 Å². The smallest absolute Gasteiger partial charge is 0.271 e. The van der Waals surface area contributed by atoms with Gasteiger partial charge >= 0.3 is 0 Å². The summed E-state index contributed by atoms with van der Waals surface area (Å²) in [4.78, 5) is 75.8. The van der Waals surface area contributed by atoms with Crippen molar-refractivity contribution in [3.05, 3.63) is 93.7 Å². The molecule has 6 nitrogen and oxygen atoms in total. The Kier molecular flexibility index (Phi) is 20.7. The first kappa shape index (κ1) is 60.8. The van der Waals surface area contributed by atoms with Crippen molar-refractivity contribution in [2.45, 2.75) is 194 Å². The van der Waals surface area contributed by atoms with E-state index in [9.17, 15) is 19.2 Å². The molecule has 83 heavy (non-hydrogen) atoms. The van der Waals surface area contributed by atoms with E-state index in [1.54, 1.807) is 33.0 Å². The number of hydrogen-bond donors (Lipinski definition) is 0. The van der Waals surface area contributed by atoms with E-state index in [0.29, 0.717) is 34.0 Å². The zero-order valence-corrected chi connectivity index (χ0v) is 56.6. The van der Waals surface area contributed by atoms with Crippen molar-refractivity contribution >= 4 is 133 Å². The first-order valence-corrected chi connectivity index (χ1v) is 40.3. The molecule has 0 fully saturated rings. The van der Waals surface area contributed by atoms with Crippen LogP contribution in [0.15, 0.2) is 72.8 Å². The summed E-state index contributed by atoms with van der Waals surface area (Å²) in [6.07, 6.45) is 29.3. The highest BCUT2D eigenvalue weighted by molar-refractivity contribution is 7.35. The van der Waals surface area contributed by atoms with Crippen LogP contribution in [-0.4, -0.2) is 54.6 Å². The number of unbranched alkanes of at least 4 members (excludes halogenated alkanes) is 20. The molecule has 0 spiro atoms. The molecule has 0 bridgehead atoms. The Morgan fingerprint density at radius 1 is 0.289 bits per heavy atom. The maximum atomic E-state index is 13.5. The molecule has 438 valence electrons. The van der Waals surface area contributed by atoms with E-state index in [0.717, 1.165) is 58.0 Å². The molecule has 0 saturated carbocycles. The fraction of sp³-hybridized carbons (Fsp3) is 0.471. The minimum atomic E-state index is -2.14. The van der Waals surface area contributed by atoms with E-state index in [1.165, 1.54) is 209 Å². The molecular formula is C68H80N2O4S8Si. The van der Waals surface area contributed by atoms with E-state index in [4.69, 9.17) is 0 Å². The van der Waals surface area contributed by atoms with Gasteiger partial charge in [0.2, 0.25) is 0 Å². The van der Waals surface area contributed by atoms with Crippen LogP contribution in [0, 0.1) is 0 Å². The third kappa shape index (κ3) is 13.1. The normalized spacial score (nSPS) is 14.3. The van der Waals surface area contributed by atoms with Gasteiger partial charge in [0, 0.05) is 81.4 Å². The lowest BCUT2D eigenvalue weighted by atomic mass is 10.1. The van der Waals surface area contributed by atoms with Gasteiger partial charge in [-0.25, -0.2) is 0 Å². The van der Waals surface area contributed by atoms with E-state index in [-0.39, 0.29) is 23.6 Å². The van der Waals surface area contributed by atoms with Crippen LogP contribution >= 0.6 is 90.7 Å². The van der Waals surface area contributed by atoms with Gasteiger partial charge in [-0.3, -0.25) is 29.0 Å². The molecule has 0 saturated heterocycles. The molecule has 0 N–H and O–H groups in total. The molecule has 11 rings (SSSR count).